The van der Waals surface area contributed by atoms with Crippen molar-refractivity contribution < 1.29 is 24.2 Å². The summed E-state index contributed by atoms with van der Waals surface area (Å²) < 4.78 is 10.6. The standard InChI is InChI=1S/C19H28O5/c1-12(2)6-5-7-13(3)8-17-19(11-18(22)24-17)10-14(20)15(23-4)9-16(19)21/h6,8,14-15,17,20H,5,7,9-11H2,1-4H3/t14-,15-,17+,19?/m0/s1. The molecule has 0 aromatic carbocycles. The molecule has 2 fully saturated rings. The van der Waals surface area contributed by atoms with Gasteiger partial charge < -0.3 is 14.6 Å². The monoisotopic (exact) mass is 336 g/mol. The molecule has 134 valence electrons. The molecule has 1 aliphatic carbocycles. The largest absolute Gasteiger partial charge is 0.457 e. The van der Waals surface area contributed by atoms with Crippen LogP contribution in [-0.4, -0.2) is 42.3 Å². The van der Waals surface area contributed by atoms with Gasteiger partial charge in [0, 0.05) is 13.5 Å². The number of ketones is 1. The molecule has 1 heterocycles. The minimum Gasteiger partial charge on any atom is -0.457 e. The predicted molar refractivity (Wildman–Crippen MR) is 90.4 cm³/mol. The van der Waals surface area contributed by atoms with Gasteiger partial charge in [-0.05, 0) is 46.1 Å². The van der Waals surface area contributed by atoms with E-state index in [9.17, 15) is 14.7 Å². The summed E-state index contributed by atoms with van der Waals surface area (Å²) in [6, 6.07) is 0. The zero-order chi connectivity index (χ0) is 17.9. The lowest BCUT2D eigenvalue weighted by atomic mass is 9.66. The number of rotatable bonds is 5. The Bertz CT molecular complexity index is 558. The lowest BCUT2D eigenvalue weighted by Crippen LogP contribution is -2.51. The summed E-state index contributed by atoms with van der Waals surface area (Å²) in [7, 11) is 1.49. The summed E-state index contributed by atoms with van der Waals surface area (Å²) in [5.74, 6) is -0.423. The average molecular weight is 336 g/mol. The number of hydrogen-bond donors (Lipinski definition) is 1. The fourth-order valence-corrected chi connectivity index (χ4v) is 3.60. The third kappa shape index (κ3) is 3.95. The quantitative estimate of drug-likeness (QED) is 0.617. The van der Waals surface area contributed by atoms with Crippen molar-refractivity contribution in [2.45, 2.75) is 71.2 Å². The van der Waals surface area contributed by atoms with E-state index in [1.807, 2.05) is 13.0 Å². The summed E-state index contributed by atoms with van der Waals surface area (Å²) in [5.41, 5.74) is 1.41. The van der Waals surface area contributed by atoms with E-state index in [4.69, 9.17) is 9.47 Å². The smallest absolute Gasteiger partial charge is 0.307 e. The first-order valence-electron chi connectivity index (χ1n) is 8.53. The molecule has 24 heavy (non-hydrogen) atoms. The number of carbonyl (C=O) groups excluding carboxylic acids is 2. The highest BCUT2D eigenvalue weighted by molar-refractivity contribution is 5.93. The van der Waals surface area contributed by atoms with E-state index in [0.29, 0.717) is 0 Å². The van der Waals surface area contributed by atoms with Crippen LogP contribution in [0.3, 0.4) is 0 Å². The van der Waals surface area contributed by atoms with Crippen molar-refractivity contribution in [2.75, 3.05) is 7.11 Å². The number of Topliss-reactive ketones (excluding diaryl/α,β-unsaturated/α-hetero) is 1. The lowest BCUT2D eigenvalue weighted by molar-refractivity contribution is -0.148. The highest BCUT2D eigenvalue weighted by atomic mass is 16.6. The van der Waals surface area contributed by atoms with Gasteiger partial charge >= 0.3 is 5.97 Å². The van der Waals surface area contributed by atoms with Crippen molar-refractivity contribution in [3.05, 3.63) is 23.3 Å². The second-order valence-electron chi connectivity index (χ2n) is 7.25. The second-order valence-corrected chi connectivity index (χ2v) is 7.25. The maximum absolute atomic E-state index is 12.7. The van der Waals surface area contributed by atoms with E-state index < -0.39 is 23.7 Å². The Morgan fingerprint density at radius 2 is 2.08 bits per heavy atom. The zero-order valence-corrected chi connectivity index (χ0v) is 15.0. The van der Waals surface area contributed by atoms with Gasteiger partial charge in [-0.1, -0.05) is 17.2 Å². The normalized spacial score (nSPS) is 33.7. The second kappa shape index (κ2) is 7.62. The van der Waals surface area contributed by atoms with E-state index in [1.165, 1.54) is 12.7 Å². The van der Waals surface area contributed by atoms with Gasteiger partial charge in [-0.15, -0.1) is 0 Å². The topological polar surface area (TPSA) is 72.8 Å². The Labute approximate surface area is 143 Å². The van der Waals surface area contributed by atoms with Gasteiger partial charge in [-0.25, -0.2) is 0 Å². The minimum absolute atomic E-state index is 0.0434. The van der Waals surface area contributed by atoms with Gasteiger partial charge in [0.1, 0.15) is 11.9 Å². The Balaban J connectivity index is 2.18. The number of carbonyl (C=O) groups is 2. The first-order valence-corrected chi connectivity index (χ1v) is 8.53. The summed E-state index contributed by atoms with van der Waals surface area (Å²) in [5, 5.41) is 10.3. The minimum atomic E-state index is -0.941. The van der Waals surface area contributed by atoms with Crippen LogP contribution in [0.1, 0.15) is 52.9 Å². The van der Waals surface area contributed by atoms with Gasteiger partial charge in [-0.3, -0.25) is 9.59 Å². The van der Waals surface area contributed by atoms with Crippen molar-refractivity contribution in [1.82, 2.24) is 0 Å². The number of allylic oxidation sites excluding steroid dienone is 3. The molecule has 0 amide bonds. The van der Waals surface area contributed by atoms with Crippen molar-refractivity contribution in [3.8, 4) is 0 Å². The van der Waals surface area contributed by atoms with Crippen molar-refractivity contribution >= 4 is 11.8 Å². The number of hydrogen-bond acceptors (Lipinski definition) is 5. The van der Waals surface area contributed by atoms with Crippen LogP contribution in [0.5, 0.6) is 0 Å². The first-order chi connectivity index (χ1) is 11.3. The van der Waals surface area contributed by atoms with Gasteiger partial charge in [0.05, 0.1) is 24.0 Å². The van der Waals surface area contributed by atoms with Crippen molar-refractivity contribution in [1.29, 1.82) is 0 Å². The molecule has 1 saturated heterocycles. The number of aliphatic hydroxyl groups excluding tert-OH is 1. The molecule has 0 aromatic heterocycles. The molecule has 0 radical (unpaired) electrons. The molecule has 1 N–H and O–H groups in total. The van der Waals surface area contributed by atoms with E-state index in [1.54, 1.807) is 0 Å². The molecule has 1 unspecified atom stereocenters. The van der Waals surface area contributed by atoms with E-state index in [-0.39, 0.29) is 31.0 Å². The van der Waals surface area contributed by atoms with E-state index in [2.05, 4.69) is 19.9 Å². The van der Waals surface area contributed by atoms with Crippen LogP contribution in [0.4, 0.5) is 0 Å². The highest BCUT2D eigenvalue weighted by Crippen LogP contribution is 2.46. The van der Waals surface area contributed by atoms with Gasteiger partial charge in [0.2, 0.25) is 0 Å². The van der Waals surface area contributed by atoms with Gasteiger partial charge in [0.15, 0.2) is 0 Å². The summed E-state index contributed by atoms with van der Waals surface area (Å²) >= 11 is 0. The molecule has 0 aromatic rings. The summed E-state index contributed by atoms with van der Waals surface area (Å²) in [4.78, 5) is 24.6. The van der Waals surface area contributed by atoms with Crippen LogP contribution >= 0.6 is 0 Å². The van der Waals surface area contributed by atoms with Gasteiger partial charge in [0.25, 0.3) is 0 Å². The van der Waals surface area contributed by atoms with Gasteiger partial charge in [-0.2, -0.15) is 0 Å². The van der Waals surface area contributed by atoms with Crippen molar-refractivity contribution in [3.63, 3.8) is 0 Å². The molecular weight excluding hydrogens is 308 g/mol. The molecule has 1 aliphatic heterocycles. The maximum Gasteiger partial charge on any atom is 0.307 e. The number of esters is 1. The number of ether oxygens (including phenoxy) is 2. The molecule has 4 atom stereocenters. The molecule has 1 saturated carbocycles. The van der Waals surface area contributed by atoms with E-state index in [0.717, 1.165) is 18.4 Å². The number of methoxy groups -OCH3 is 1. The fraction of sp³-hybridized carbons (Fsp3) is 0.684. The number of aliphatic hydroxyl groups is 1. The van der Waals surface area contributed by atoms with Crippen LogP contribution < -0.4 is 0 Å². The van der Waals surface area contributed by atoms with Crippen LogP contribution in [0.2, 0.25) is 0 Å². The zero-order valence-electron chi connectivity index (χ0n) is 15.0. The third-order valence-electron chi connectivity index (χ3n) is 5.04. The Morgan fingerprint density at radius 3 is 2.71 bits per heavy atom. The molecular formula is C19H28O5. The summed E-state index contributed by atoms with van der Waals surface area (Å²) in [6.45, 7) is 6.10. The van der Waals surface area contributed by atoms with Crippen LogP contribution in [-0.2, 0) is 19.1 Å². The molecule has 0 bridgehead atoms. The average Bonchev–Trinajstić information content (AvgIpc) is 2.79. The predicted octanol–water partition coefficient (Wildman–Crippen LogP) is 2.72. The molecule has 2 aliphatic rings. The highest BCUT2D eigenvalue weighted by Gasteiger charge is 2.57. The Morgan fingerprint density at radius 1 is 1.38 bits per heavy atom. The van der Waals surface area contributed by atoms with Crippen LogP contribution in [0, 0.1) is 5.41 Å². The van der Waals surface area contributed by atoms with Crippen LogP contribution in [0.15, 0.2) is 23.3 Å². The summed E-state index contributed by atoms with van der Waals surface area (Å²) in [6.07, 6.45) is 4.35. The Kier molecular flexibility index (Phi) is 5.99. The van der Waals surface area contributed by atoms with E-state index >= 15 is 0 Å². The number of cyclic esters (lactones) is 1. The van der Waals surface area contributed by atoms with Crippen molar-refractivity contribution in [2.24, 2.45) is 5.41 Å². The third-order valence-corrected chi connectivity index (χ3v) is 5.04. The molecule has 1 spiro atoms. The molecule has 5 heteroatoms. The SMILES string of the molecule is CO[C@H]1CC(=O)C2(CC(=O)O[C@@H]2C=C(C)CCC=C(C)C)C[C@@H]1O. The maximum atomic E-state index is 12.7. The Hall–Kier alpha value is -1.46. The fourth-order valence-electron chi connectivity index (χ4n) is 3.60. The van der Waals surface area contributed by atoms with Crippen LogP contribution in [0.25, 0.3) is 0 Å². The molecule has 2 rings (SSSR count). The molecule has 5 nitrogen and oxygen atoms in total. The first kappa shape index (κ1) is 18.9. The lowest BCUT2D eigenvalue weighted by Gasteiger charge is -2.39.